The molecule has 5 heteroatoms. The third kappa shape index (κ3) is 5.33. The highest BCUT2D eigenvalue weighted by Crippen LogP contribution is 2.20. The van der Waals surface area contributed by atoms with Crippen LogP contribution in [0.15, 0.2) is 84.5 Å². The van der Waals surface area contributed by atoms with Crippen molar-refractivity contribution < 1.29 is 9.53 Å². The molecule has 0 saturated heterocycles. The second-order valence-electron chi connectivity index (χ2n) is 7.11. The molecule has 2 aromatic heterocycles. The van der Waals surface area contributed by atoms with Crippen LogP contribution in [0, 0.1) is 6.92 Å². The summed E-state index contributed by atoms with van der Waals surface area (Å²) in [7, 11) is 0. The van der Waals surface area contributed by atoms with E-state index in [1.54, 1.807) is 12.4 Å². The van der Waals surface area contributed by atoms with E-state index in [2.05, 4.69) is 10.3 Å². The van der Waals surface area contributed by atoms with Gasteiger partial charge in [-0.2, -0.15) is 0 Å². The van der Waals surface area contributed by atoms with Crippen LogP contribution in [-0.4, -0.2) is 10.9 Å². The summed E-state index contributed by atoms with van der Waals surface area (Å²) in [5, 5.41) is 4.93. The fraction of sp³-hybridized carbons (Fsp3) is 0.120. The molecule has 0 spiro atoms. The monoisotopic (exact) mass is 414 g/mol. The summed E-state index contributed by atoms with van der Waals surface area (Å²) in [5.74, 6) is 0.725. The highest BCUT2D eigenvalue weighted by atomic mass is 32.1. The first kappa shape index (κ1) is 19.9. The van der Waals surface area contributed by atoms with E-state index in [9.17, 15) is 4.79 Å². The van der Waals surface area contributed by atoms with Crippen LogP contribution in [0.2, 0.25) is 0 Å². The topological polar surface area (TPSA) is 51.2 Å². The molecule has 0 aliphatic rings. The molecule has 4 rings (SSSR count). The minimum Gasteiger partial charge on any atom is -0.489 e. The lowest BCUT2D eigenvalue weighted by Gasteiger charge is -2.06. The largest absolute Gasteiger partial charge is 0.489 e. The Balaban J connectivity index is 1.32. The predicted octanol–water partition coefficient (Wildman–Crippen LogP) is 5.87. The summed E-state index contributed by atoms with van der Waals surface area (Å²) in [6, 6.07) is 21.8. The second kappa shape index (κ2) is 9.37. The van der Waals surface area contributed by atoms with Gasteiger partial charge in [-0.1, -0.05) is 24.3 Å². The van der Waals surface area contributed by atoms with E-state index in [0.717, 1.165) is 29.0 Å². The number of aromatic nitrogens is 1. The van der Waals surface area contributed by atoms with Gasteiger partial charge in [-0.3, -0.25) is 9.78 Å². The molecule has 2 heterocycles. The molecule has 0 bridgehead atoms. The molecule has 0 fully saturated rings. The van der Waals surface area contributed by atoms with E-state index < -0.39 is 0 Å². The summed E-state index contributed by atoms with van der Waals surface area (Å²) in [6.07, 6.45) is 4.43. The molecular weight excluding hydrogens is 392 g/mol. The molecule has 0 aliphatic heterocycles. The quantitative estimate of drug-likeness (QED) is 0.411. The fourth-order valence-electron chi connectivity index (χ4n) is 3.08. The number of hydrogen-bond acceptors (Lipinski definition) is 4. The van der Waals surface area contributed by atoms with E-state index in [-0.39, 0.29) is 5.91 Å². The summed E-state index contributed by atoms with van der Waals surface area (Å²) in [6.45, 7) is 2.47. The average Bonchev–Trinajstić information content (AvgIpc) is 3.24. The second-order valence-corrected chi connectivity index (χ2v) is 8.02. The van der Waals surface area contributed by atoms with Crippen molar-refractivity contribution in [1.29, 1.82) is 0 Å². The lowest BCUT2D eigenvalue weighted by molar-refractivity contribution is 0.103. The zero-order valence-corrected chi connectivity index (χ0v) is 17.5. The number of ether oxygens (including phenoxy) is 1. The smallest absolute Gasteiger partial charge is 0.265 e. The standard InChI is InChI=1S/C25H22N2O2S/c1-18-3-2-4-23(13-18)29-16-21-15-24(30-17-21)25(28)27-22-7-5-19(6-8-22)14-20-9-11-26-12-10-20/h2-13,15,17H,14,16H2,1H3,(H,27,28). The SMILES string of the molecule is Cc1cccc(OCc2csc(C(=O)Nc3ccc(Cc4ccncc4)cc3)c2)c1. The van der Waals surface area contributed by atoms with Crippen molar-refractivity contribution in [1.82, 2.24) is 4.98 Å². The lowest BCUT2D eigenvalue weighted by Crippen LogP contribution is -2.10. The third-order valence-corrected chi connectivity index (χ3v) is 5.62. The van der Waals surface area contributed by atoms with Crippen molar-refractivity contribution in [3.05, 3.63) is 112 Å². The van der Waals surface area contributed by atoms with Gasteiger partial charge in [0.15, 0.2) is 0 Å². The molecule has 2 aromatic carbocycles. The summed E-state index contributed by atoms with van der Waals surface area (Å²) >= 11 is 1.42. The molecular formula is C25H22N2O2S. The minimum atomic E-state index is -0.108. The Hall–Kier alpha value is -3.44. The summed E-state index contributed by atoms with van der Waals surface area (Å²) < 4.78 is 5.82. The number of amides is 1. The normalized spacial score (nSPS) is 10.6. The van der Waals surface area contributed by atoms with E-state index in [1.165, 1.54) is 22.5 Å². The molecule has 150 valence electrons. The Morgan fingerprint density at radius 2 is 1.73 bits per heavy atom. The minimum absolute atomic E-state index is 0.108. The maximum absolute atomic E-state index is 12.6. The zero-order valence-electron chi connectivity index (χ0n) is 16.7. The van der Waals surface area contributed by atoms with Crippen LogP contribution in [0.3, 0.4) is 0 Å². The van der Waals surface area contributed by atoms with E-state index >= 15 is 0 Å². The predicted molar refractivity (Wildman–Crippen MR) is 121 cm³/mol. The molecule has 4 aromatic rings. The first-order chi connectivity index (χ1) is 14.7. The molecule has 1 amide bonds. The number of anilines is 1. The lowest BCUT2D eigenvalue weighted by atomic mass is 10.1. The molecule has 0 radical (unpaired) electrons. The number of hydrogen-bond donors (Lipinski definition) is 1. The van der Waals surface area contributed by atoms with Crippen molar-refractivity contribution in [3.63, 3.8) is 0 Å². The molecule has 0 aliphatic carbocycles. The van der Waals surface area contributed by atoms with Crippen molar-refractivity contribution in [2.45, 2.75) is 20.0 Å². The highest BCUT2D eigenvalue weighted by molar-refractivity contribution is 7.12. The van der Waals surface area contributed by atoms with Crippen molar-refractivity contribution in [3.8, 4) is 5.75 Å². The number of nitrogens with one attached hydrogen (secondary N) is 1. The van der Waals surface area contributed by atoms with Gasteiger partial charge in [0.25, 0.3) is 5.91 Å². The maximum atomic E-state index is 12.6. The van der Waals surface area contributed by atoms with Crippen LogP contribution in [0.5, 0.6) is 5.75 Å². The van der Waals surface area contributed by atoms with Crippen LogP contribution in [0.25, 0.3) is 0 Å². The fourth-order valence-corrected chi connectivity index (χ4v) is 3.87. The molecule has 0 atom stereocenters. The van der Waals surface area contributed by atoms with E-state index in [0.29, 0.717) is 11.5 Å². The molecule has 1 N–H and O–H groups in total. The Bertz CT molecular complexity index is 1120. The number of nitrogens with zero attached hydrogens (tertiary/aromatic N) is 1. The van der Waals surface area contributed by atoms with Crippen LogP contribution in [0.4, 0.5) is 5.69 Å². The Kier molecular flexibility index (Phi) is 6.20. The zero-order chi connectivity index (χ0) is 20.8. The maximum Gasteiger partial charge on any atom is 0.265 e. The number of rotatable bonds is 7. The van der Waals surface area contributed by atoms with Gasteiger partial charge in [0, 0.05) is 23.6 Å². The average molecular weight is 415 g/mol. The molecule has 30 heavy (non-hydrogen) atoms. The molecule has 0 unspecified atom stereocenters. The third-order valence-electron chi connectivity index (χ3n) is 4.64. The van der Waals surface area contributed by atoms with Crippen LogP contribution >= 0.6 is 11.3 Å². The number of aryl methyl sites for hydroxylation is 1. The van der Waals surface area contributed by atoms with E-state index in [4.69, 9.17) is 4.74 Å². The number of pyridine rings is 1. The Morgan fingerprint density at radius 3 is 2.50 bits per heavy atom. The summed E-state index contributed by atoms with van der Waals surface area (Å²) in [4.78, 5) is 17.3. The highest BCUT2D eigenvalue weighted by Gasteiger charge is 2.10. The van der Waals surface area contributed by atoms with Crippen LogP contribution in [0.1, 0.15) is 31.9 Å². The van der Waals surface area contributed by atoms with Crippen molar-refractivity contribution in [2.24, 2.45) is 0 Å². The molecule has 4 nitrogen and oxygen atoms in total. The Morgan fingerprint density at radius 1 is 0.967 bits per heavy atom. The van der Waals surface area contributed by atoms with Gasteiger partial charge in [0.05, 0.1) is 4.88 Å². The van der Waals surface area contributed by atoms with Gasteiger partial charge in [0.2, 0.25) is 0 Å². The first-order valence-corrected chi connectivity index (χ1v) is 10.6. The van der Waals surface area contributed by atoms with Gasteiger partial charge in [-0.15, -0.1) is 11.3 Å². The number of thiophene rings is 1. The number of carbonyl (C=O) groups excluding carboxylic acids is 1. The summed E-state index contributed by atoms with van der Waals surface area (Å²) in [5.41, 5.74) is 5.32. The van der Waals surface area contributed by atoms with E-state index in [1.807, 2.05) is 79.0 Å². The van der Waals surface area contributed by atoms with Crippen molar-refractivity contribution >= 4 is 22.9 Å². The van der Waals surface area contributed by atoms with Gasteiger partial charge < -0.3 is 10.1 Å². The van der Waals surface area contributed by atoms with Crippen LogP contribution in [-0.2, 0) is 13.0 Å². The first-order valence-electron chi connectivity index (χ1n) is 9.72. The molecule has 0 saturated carbocycles. The van der Waals surface area contributed by atoms with Gasteiger partial charge in [0.1, 0.15) is 12.4 Å². The Labute approximate surface area is 180 Å². The van der Waals surface area contributed by atoms with Gasteiger partial charge in [-0.25, -0.2) is 0 Å². The number of benzene rings is 2. The van der Waals surface area contributed by atoms with Gasteiger partial charge >= 0.3 is 0 Å². The number of carbonyl (C=O) groups is 1. The van der Waals surface area contributed by atoms with Gasteiger partial charge in [-0.05, 0) is 77.9 Å². The van der Waals surface area contributed by atoms with Crippen LogP contribution < -0.4 is 10.1 Å². The van der Waals surface area contributed by atoms with Crippen molar-refractivity contribution in [2.75, 3.05) is 5.32 Å².